The molecule has 0 unspecified atom stereocenters. The Kier molecular flexibility index (Phi) is 11.6. The minimum absolute atomic E-state index is 0.0700. The van der Waals surface area contributed by atoms with Crippen LogP contribution >= 0.6 is 49.7 Å². The lowest BCUT2D eigenvalue weighted by Crippen LogP contribution is -2.29. The van der Waals surface area contributed by atoms with Crippen LogP contribution in [0.15, 0.2) is 18.2 Å². The van der Waals surface area contributed by atoms with Crippen LogP contribution in [0.4, 0.5) is 5.69 Å². The van der Waals surface area contributed by atoms with E-state index in [0.29, 0.717) is 27.3 Å². The van der Waals surface area contributed by atoms with Gasteiger partial charge in [0.1, 0.15) is 8.64 Å². The van der Waals surface area contributed by atoms with E-state index < -0.39 is 4.92 Å². The standard InChI is InChI=1S/C10H11NO3.C4H8N2S4/c1-3-9(12)8-6-4-5-7(2)10(8)11(13)14;7-3(8)5-1-2-6-4(9)10/h4-6H,3H2,1-2H3;1-2H2,(H2,5,7,8)(H2,6,9,10). The number of thiocarbonyl (C=S) groups is 2. The average Bonchev–Trinajstić information content (AvgIpc) is 2.50. The van der Waals surface area contributed by atoms with Gasteiger partial charge in [-0.2, -0.15) is 0 Å². The topological polar surface area (TPSA) is 84.3 Å². The lowest BCUT2D eigenvalue weighted by Gasteiger charge is -2.03. The fraction of sp³-hybridized carbons (Fsp3) is 0.357. The van der Waals surface area contributed by atoms with Crippen molar-refractivity contribution in [2.45, 2.75) is 20.3 Å². The number of nitro benzene ring substituents is 1. The number of ketones is 1. The number of Topliss-reactive ketones (excluding diaryl/α,β-unsaturated/α-hetero) is 1. The zero-order chi connectivity index (χ0) is 18.7. The van der Waals surface area contributed by atoms with Crippen molar-refractivity contribution in [3.05, 3.63) is 39.4 Å². The van der Waals surface area contributed by atoms with Gasteiger partial charge in [0.25, 0.3) is 5.69 Å². The maximum Gasteiger partial charge on any atom is 0.283 e. The minimum Gasteiger partial charge on any atom is -0.369 e. The van der Waals surface area contributed by atoms with E-state index >= 15 is 0 Å². The number of hydrogen-bond acceptors (Lipinski definition) is 5. The molecule has 24 heavy (non-hydrogen) atoms. The van der Waals surface area contributed by atoms with Crippen LogP contribution in [0.25, 0.3) is 0 Å². The van der Waals surface area contributed by atoms with Crippen molar-refractivity contribution in [1.82, 2.24) is 10.6 Å². The SMILES string of the molecule is CCC(=O)c1cccc(C)c1[N+](=O)[O-].S=C(S)NCCNC(=S)S. The van der Waals surface area contributed by atoms with Crippen LogP contribution in [-0.4, -0.2) is 32.4 Å². The van der Waals surface area contributed by atoms with Gasteiger partial charge in [-0.3, -0.25) is 14.9 Å². The highest BCUT2D eigenvalue weighted by Crippen LogP contribution is 2.23. The molecule has 0 fully saturated rings. The molecule has 1 aromatic rings. The second-order valence-electron chi connectivity index (χ2n) is 4.47. The van der Waals surface area contributed by atoms with Crippen molar-refractivity contribution >= 4 is 69.8 Å². The summed E-state index contributed by atoms with van der Waals surface area (Å²) >= 11 is 17.0. The molecule has 132 valence electrons. The summed E-state index contributed by atoms with van der Waals surface area (Å²) in [4.78, 5) is 21.6. The van der Waals surface area contributed by atoms with Crippen LogP contribution < -0.4 is 10.6 Å². The average molecular weight is 406 g/mol. The fourth-order valence-corrected chi connectivity index (χ4v) is 2.08. The smallest absolute Gasteiger partial charge is 0.283 e. The number of nitrogens with one attached hydrogen (secondary N) is 2. The molecular weight excluding hydrogens is 386 g/mol. The van der Waals surface area contributed by atoms with E-state index in [1.54, 1.807) is 26.0 Å². The van der Waals surface area contributed by atoms with Gasteiger partial charge in [-0.15, -0.1) is 25.3 Å². The monoisotopic (exact) mass is 405 g/mol. The molecule has 0 aliphatic rings. The van der Waals surface area contributed by atoms with Crippen LogP contribution in [0.1, 0.15) is 29.3 Å². The summed E-state index contributed by atoms with van der Waals surface area (Å²) in [6.45, 7) is 4.74. The molecule has 0 spiro atoms. The van der Waals surface area contributed by atoms with E-state index in [1.165, 1.54) is 6.07 Å². The van der Waals surface area contributed by atoms with Gasteiger partial charge >= 0.3 is 0 Å². The summed E-state index contributed by atoms with van der Waals surface area (Å²) in [7, 11) is 0. The van der Waals surface area contributed by atoms with E-state index in [9.17, 15) is 14.9 Å². The predicted octanol–water partition coefficient (Wildman–Crippen LogP) is 3.09. The summed E-state index contributed by atoms with van der Waals surface area (Å²) in [5.74, 6) is -0.194. The molecule has 0 aliphatic heterocycles. The second kappa shape index (κ2) is 12.2. The lowest BCUT2D eigenvalue weighted by atomic mass is 10.0. The zero-order valence-electron chi connectivity index (χ0n) is 13.2. The normalized spacial score (nSPS) is 9.33. The number of carbonyl (C=O) groups is 1. The lowest BCUT2D eigenvalue weighted by molar-refractivity contribution is -0.385. The van der Waals surface area contributed by atoms with Crippen molar-refractivity contribution in [3.8, 4) is 0 Å². The maximum absolute atomic E-state index is 11.4. The van der Waals surface area contributed by atoms with Crippen LogP contribution in [0.2, 0.25) is 0 Å². The van der Waals surface area contributed by atoms with Gasteiger partial charge in [0.2, 0.25) is 0 Å². The quantitative estimate of drug-likeness (QED) is 0.145. The molecule has 0 atom stereocenters. The third-order valence-corrected chi connectivity index (χ3v) is 3.32. The van der Waals surface area contributed by atoms with Gasteiger partial charge < -0.3 is 10.6 Å². The van der Waals surface area contributed by atoms with Gasteiger partial charge in [0, 0.05) is 25.1 Å². The number of aryl methyl sites for hydroxylation is 1. The number of rotatable bonds is 6. The van der Waals surface area contributed by atoms with Gasteiger partial charge in [-0.05, 0) is 13.0 Å². The van der Waals surface area contributed by atoms with Crippen LogP contribution in [0, 0.1) is 17.0 Å². The van der Waals surface area contributed by atoms with Crippen LogP contribution in [0.5, 0.6) is 0 Å². The van der Waals surface area contributed by atoms with Gasteiger partial charge in [-0.25, -0.2) is 0 Å². The second-order valence-corrected chi connectivity index (χ2v) is 6.78. The molecule has 0 heterocycles. The third kappa shape index (κ3) is 9.16. The Morgan fingerprint density at radius 2 is 1.71 bits per heavy atom. The number of para-hydroxylation sites is 1. The predicted molar refractivity (Wildman–Crippen MR) is 112 cm³/mol. The van der Waals surface area contributed by atoms with E-state index in [4.69, 9.17) is 0 Å². The molecule has 0 saturated heterocycles. The number of hydrogen-bond donors (Lipinski definition) is 4. The Hall–Kier alpha value is -1.23. The maximum atomic E-state index is 11.4. The number of nitro groups is 1. The molecule has 10 heteroatoms. The Labute approximate surface area is 162 Å². The van der Waals surface area contributed by atoms with E-state index in [-0.39, 0.29) is 23.5 Å². The molecule has 0 saturated carbocycles. The first kappa shape index (κ1) is 22.8. The molecule has 0 amide bonds. The summed E-state index contributed by atoms with van der Waals surface area (Å²) < 4.78 is 0.985. The van der Waals surface area contributed by atoms with Crippen LogP contribution in [0.3, 0.4) is 0 Å². The Morgan fingerprint density at radius 1 is 1.21 bits per heavy atom. The zero-order valence-corrected chi connectivity index (χ0v) is 16.7. The summed E-state index contributed by atoms with van der Waals surface area (Å²) in [5, 5.41) is 16.4. The van der Waals surface area contributed by atoms with Gasteiger partial charge in [-0.1, -0.05) is 43.5 Å². The molecule has 1 rings (SSSR count). The van der Waals surface area contributed by atoms with E-state index in [0.717, 1.165) is 0 Å². The van der Waals surface area contributed by atoms with Crippen molar-refractivity contribution in [1.29, 1.82) is 0 Å². The van der Waals surface area contributed by atoms with Crippen LogP contribution in [-0.2, 0) is 0 Å². The Balaban J connectivity index is 0.000000470. The highest BCUT2D eigenvalue weighted by Gasteiger charge is 2.20. The summed E-state index contributed by atoms with van der Waals surface area (Å²) in [6.07, 6.45) is 0.282. The third-order valence-electron chi connectivity index (χ3n) is 2.72. The largest absolute Gasteiger partial charge is 0.369 e. The van der Waals surface area contributed by atoms with E-state index in [2.05, 4.69) is 60.3 Å². The highest BCUT2D eigenvalue weighted by atomic mass is 32.1. The van der Waals surface area contributed by atoms with Crippen molar-refractivity contribution < 1.29 is 9.72 Å². The number of benzene rings is 1. The number of nitrogens with zero attached hydrogens (tertiary/aromatic N) is 1. The first-order valence-corrected chi connectivity index (χ1v) is 8.62. The van der Waals surface area contributed by atoms with Crippen molar-refractivity contribution in [3.63, 3.8) is 0 Å². The first-order valence-electron chi connectivity index (χ1n) is 6.91. The molecule has 0 aromatic heterocycles. The molecule has 0 radical (unpaired) electrons. The Morgan fingerprint density at radius 3 is 2.08 bits per heavy atom. The first-order chi connectivity index (χ1) is 11.2. The van der Waals surface area contributed by atoms with Gasteiger partial charge in [0.05, 0.1) is 10.5 Å². The summed E-state index contributed by atoms with van der Waals surface area (Å²) in [5.41, 5.74) is 0.658. The highest BCUT2D eigenvalue weighted by molar-refractivity contribution is 8.11. The molecule has 1 aromatic carbocycles. The molecule has 6 nitrogen and oxygen atoms in total. The Bertz CT molecular complexity index is 607. The van der Waals surface area contributed by atoms with Crippen molar-refractivity contribution in [2.24, 2.45) is 0 Å². The van der Waals surface area contributed by atoms with Crippen molar-refractivity contribution in [2.75, 3.05) is 13.1 Å². The minimum atomic E-state index is -0.502. The summed E-state index contributed by atoms with van der Waals surface area (Å²) in [6, 6.07) is 4.78. The molecule has 0 aliphatic carbocycles. The number of carbonyl (C=O) groups excluding carboxylic acids is 1. The molecule has 2 N–H and O–H groups in total. The fourth-order valence-electron chi connectivity index (χ4n) is 1.66. The number of thiol groups is 2. The molecular formula is C14H19N3O3S4. The van der Waals surface area contributed by atoms with E-state index in [1.807, 2.05) is 0 Å². The molecule has 0 bridgehead atoms. The van der Waals surface area contributed by atoms with Gasteiger partial charge in [0.15, 0.2) is 5.78 Å².